The summed E-state index contributed by atoms with van der Waals surface area (Å²) in [5.41, 5.74) is 2.98. The highest BCUT2D eigenvalue weighted by Crippen LogP contribution is 2.19. The highest BCUT2D eigenvalue weighted by molar-refractivity contribution is 7.80. The van der Waals surface area contributed by atoms with Crippen molar-refractivity contribution in [2.24, 2.45) is 7.05 Å². The number of thiocarbonyl (C=S) groups is 1. The average Bonchev–Trinajstić information content (AvgIpc) is 2.67. The molecule has 5 nitrogen and oxygen atoms in total. The van der Waals surface area contributed by atoms with Crippen molar-refractivity contribution in [2.45, 2.75) is 13.8 Å². The predicted molar refractivity (Wildman–Crippen MR) is 85.5 cm³/mol. The molecular weight excluding hydrogens is 286 g/mol. The Balaban J connectivity index is 2.45. The maximum Gasteiger partial charge on any atom is 0.265 e. The summed E-state index contributed by atoms with van der Waals surface area (Å²) in [5, 5.41) is 2.64. The highest BCUT2D eigenvalue weighted by Gasteiger charge is 2.32. The Morgan fingerprint density at radius 1 is 1.38 bits per heavy atom. The van der Waals surface area contributed by atoms with Gasteiger partial charge < -0.3 is 4.57 Å². The summed E-state index contributed by atoms with van der Waals surface area (Å²) in [6.07, 6.45) is 3.18. The molecule has 1 aliphatic rings. The number of hydrogen-bond donors (Lipinski definition) is 1. The molecular formula is C15H17N3O2S. The van der Waals surface area contributed by atoms with Crippen molar-refractivity contribution in [3.8, 4) is 0 Å². The minimum Gasteiger partial charge on any atom is -0.352 e. The van der Waals surface area contributed by atoms with E-state index in [1.54, 1.807) is 12.2 Å². The lowest BCUT2D eigenvalue weighted by atomic mass is 10.1. The zero-order chi connectivity index (χ0) is 15.7. The molecule has 2 rings (SSSR count). The van der Waals surface area contributed by atoms with Gasteiger partial charge in [-0.2, -0.15) is 0 Å². The third kappa shape index (κ3) is 2.67. The first-order valence-corrected chi connectivity index (χ1v) is 6.90. The normalized spacial score (nSPS) is 17.4. The topological polar surface area (TPSA) is 54.3 Å². The zero-order valence-electron chi connectivity index (χ0n) is 12.3. The summed E-state index contributed by atoms with van der Waals surface area (Å²) in [6.45, 7) is 7.77. The summed E-state index contributed by atoms with van der Waals surface area (Å²) in [4.78, 5) is 25.7. The number of aromatic nitrogens is 1. The molecule has 6 heteroatoms. The van der Waals surface area contributed by atoms with E-state index in [4.69, 9.17) is 12.2 Å². The minimum absolute atomic E-state index is 0.0825. The number of nitrogens with zero attached hydrogens (tertiary/aromatic N) is 2. The van der Waals surface area contributed by atoms with Crippen LogP contribution in [0.5, 0.6) is 0 Å². The van der Waals surface area contributed by atoms with Gasteiger partial charge in [-0.25, -0.2) is 0 Å². The Morgan fingerprint density at radius 2 is 2.05 bits per heavy atom. The molecule has 0 aliphatic carbocycles. The molecule has 0 aromatic carbocycles. The lowest BCUT2D eigenvalue weighted by Gasteiger charge is -2.27. The molecule has 1 N–H and O–H groups in total. The van der Waals surface area contributed by atoms with Gasteiger partial charge in [-0.15, -0.1) is 6.58 Å². The molecule has 1 aromatic heterocycles. The number of carbonyl (C=O) groups excluding carboxylic acids is 2. The molecule has 2 heterocycles. The van der Waals surface area contributed by atoms with Crippen LogP contribution in [0.25, 0.3) is 6.08 Å². The van der Waals surface area contributed by atoms with E-state index >= 15 is 0 Å². The second-order valence-electron chi connectivity index (χ2n) is 4.91. The van der Waals surface area contributed by atoms with Gasteiger partial charge in [0.2, 0.25) is 0 Å². The lowest BCUT2D eigenvalue weighted by Crippen LogP contribution is -2.53. The van der Waals surface area contributed by atoms with E-state index in [2.05, 4.69) is 11.9 Å². The number of rotatable bonds is 3. The van der Waals surface area contributed by atoms with E-state index in [0.717, 1.165) is 17.0 Å². The first-order valence-electron chi connectivity index (χ1n) is 6.49. The highest BCUT2D eigenvalue weighted by atomic mass is 32.1. The van der Waals surface area contributed by atoms with Crippen molar-refractivity contribution in [2.75, 3.05) is 6.54 Å². The molecule has 0 saturated carbocycles. The number of aryl methyl sites for hydroxylation is 1. The largest absolute Gasteiger partial charge is 0.352 e. The van der Waals surface area contributed by atoms with Crippen LogP contribution in [0.3, 0.4) is 0 Å². The SMILES string of the molecule is C=CCN1C(=O)C(=Cc2cc(C)n(C)c2C)C(=O)NC1=S. The first-order chi connectivity index (χ1) is 9.86. The van der Waals surface area contributed by atoms with Gasteiger partial charge in [0.05, 0.1) is 0 Å². The van der Waals surface area contributed by atoms with E-state index < -0.39 is 11.8 Å². The molecule has 0 spiro atoms. The maximum atomic E-state index is 12.4. The van der Waals surface area contributed by atoms with Crippen LogP contribution >= 0.6 is 12.2 Å². The fraction of sp³-hybridized carbons (Fsp3) is 0.267. The van der Waals surface area contributed by atoms with Crippen molar-refractivity contribution >= 4 is 35.2 Å². The third-order valence-corrected chi connectivity index (χ3v) is 3.93. The number of nitrogens with one attached hydrogen (secondary N) is 1. The van der Waals surface area contributed by atoms with E-state index in [0.29, 0.717) is 0 Å². The zero-order valence-corrected chi connectivity index (χ0v) is 13.1. The van der Waals surface area contributed by atoms with Crippen molar-refractivity contribution in [3.05, 3.63) is 41.2 Å². The van der Waals surface area contributed by atoms with E-state index in [1.165, 1.54) is 4.90 Å². The van der Waals surface area contributed by atoms with Gasteiger partial charge >= 0.3 is 0 Å². The second-order valence-corrected chi connectivity index (χ2v) is 5.29. The molecule has 1 fully saturated rings. The number of amides is 2. The summed E-state index contributed by atoms with van der Waals surface area (Å²) >= 11 is 5.01. The average molecular weight is 303 g/mol. The van der Waals surface area contributed by atoms with Gasteiger partial charge in [0.25, 0.3) is 11.8 Å². The number of hydrogen-bond acceptors (Lipinski definition) is 3. The molecule has 2 amide bonds. The van der Waals surface area contributed by atoms with Gasteiger partial charge in [0.1, 0.15) is 5.57 Å². The van der Waals surface area contributed by atoms with Crippen LogP contribution < -0.4 is 5.32 Å². The molecule has 110 valence electrons. The molecule has 1 saturated heterocycles. The van der Waals surface area contributed by atoms with Crippen molar-refractivity contribution in [3.63, 3.8) is 0 Å². The van der Waals surface area contributed by atoms with Crippen LogP contribution in [0.1, 0.15) is 17.0 Å². The molecule has 1 aliphatic heterocycles. The summed E-state index contributed by atoms with van der Waals surface area (Å²) in [7, 11) is 1.94. The molecule has 0 atom stereocenters. The smallest absolute Gasteiger partial charge is 0.265 e. The van der Waals surface area contributed by atoms with Crippen LogP contribution in [0.2, 0.25) is 0 Å². The van der Waals surface area contributed by atoms with Crippen molar-refractivity contribution < 1.29 is 9.59 Å². The second kappa shape index (κ2) is 5.65. The van der Waals surface area contributed by atoms with E-state index in [-0.39, 0.29) is 17.2 Å². The van der Waals surface area contributed by atoms with Crippen molar-refractivity contribution in [1.82, 2.24) is 14.8 Å². The Kier molecular flexibility index (Phi) is 4.09. The fourth-order valence-corrected chi connectivity index (χ4v) is 2.43. The van der Waals surface area contributed by atoms with Crippen LogP contribution in [-0.4, -0.2) is 32.9 Å². The molecule has 0 unspecified atom stereocenters. The predicted octanol–water partition coefficient (Wildman–Crippen LogP) is 1.45. The van der Waals surface area contributed by atoms with E-state index in [9.17, 15) is 9.59 Å². The van der Waals surface area contributed by atoms with Crippen LogP contribution in [-0.2, 0) is 16.6 Å². The lowest BCUT2D eigenvalue weighted by molar-refractivity contribution is -0.128. The Bertz CT molecular complexity index is 685. The monoisotopic (exact) mass is 303 g/mol. The summed E-state index contributed by atoms with van der Waals surface area (Å²) < 4.78 is 2.00. The van der Waals surface area contributed by atoms with Crippen molar-refractivity contribution in [1.29, 1.82) is 0 Å². The van der Waals surface area contributed by atoms with Gasteiger partial charge in [0, 0.05) is 25.0 Å². The molecule has 0 bridgehead atoms. The Morgan fingerprint density at radius 3 is 2.57 bits per heavy atom. The van der Waals surface area contributed by atoms with Gasteiger partial charge in [-0.1, -0.05) is 6.08 Å². The summed E-state index contributed by atoms with van der Waals surface area (Å²) in [5.74, 6) is -0.865. The van der Waals surface area contributed by atoms with Gasteiger partial charge in [-0.05, 0) is 43.8 Å². The maximum absolute atomic E-state index is 12.4. The van der Waals surface area contributed by atoms with Crippen LogP contribution in [0.4, 0.5) is 0 Å². The Labute approximate surface area is 128 Å². The van der Waals surface area contributed by atoms with Gasteiger partial charge in [-0.3, -0.25) is 19.8 Å². The standard InChI is InChI=1S/C15H17N3O2S/c1-5-6-18-14(20)12(13(19)16-15(18)21)8-11-7-9(2)17(4)10(11)3/h5,7-8H,1,6H2,2-4H3,(H,16,19,21). The summed E-state index contributed by atoms with van der Waals surface area (Å²) in [6, 6.07) is 1.94. The fourth-order valence-electron chi connectivity index (χ4n) is 2.17. The third-order valence-electron chi connectivity index (χ3n) is 3.61. The first kappa shape index (κ1) is 15.2. The minimum atomic E-state index is -0.466. The van der Waals surface area contributed by atoms with E-state index in [1.807, 2.05) is 31.5 Å². The number of carbonyl (C=O) groups is 2. The molecule has 21 heavy (non-hydrogen) atoms. The van der Waals surface area contributed by atoms with Crippen LogP contribution in [0.15, 0.2) is 24.3 Å². The Hall–Kier alpha value is -2.21. The quantitative estimate of drug-likeness (QED) is 0.398. The van der Waals surface area contributed by atoms with Gasteiger partial charge in [0.15, 0.2) is 5.11 Å². The molecule has 0 radical (unpaired) electrons. The van der Waals surface area contributed by atoms with Crippen LogP contribution in [0, 0.1) is 13.8 Å². The molecule has 1 aromatic rings.